The molecule has 0 radical (unpaired) electrons. The summed E-state index contributed by atoms with van der Waals surface area (Å²) >= 11 is 1.62. The number of nitrogens with one attached hydrogen (secondary N) is 1. The van der Waals surface area contributed by atoms with Crippen molar-refractivity contribution in [3.05, 3.63) is 45.9 Å². The van der Waals surface area contributed by atoms with Crippen LogP contribution in [0.5, 0.6) is 5.75 Å². The molecule has 1 heterocycles. The highest BCUT2D eigenvalue weighted by atomic mass is 32.1. The van der Waals surface area contributed by atoms with Crippen molar-refractivity contribution >= 4 is 17.2 Å². The van der Waals surface area contributed by atoms with Gasteiger partial charge in [0.1, 0.15) is 12.4 Å². The topological polar surface area (TPSA) is 71.5 Å². The van der Waals surface area contributed by atoms with Crippen LogP contribution in [0.2, 0.25) is 0 Å². The third-order valence-corrected chi connectivity index (χ3v) is 3.98. The first-order chi connectivity index (χ1) is 10.6. The van der Waals surface area contributed by atoms with Crippen LogP contribution in [0.1, 0.15) is 34.9 Å². The summed E-state index contributed by atoms with van der Waals surface area (Å²) in [5.74, 6) is 0.393. The van der Waals surface area contributed by atoms with Gasteiger partial charge in [-0.3, -0.25) is 4.79 Å². The molecule has 0 aliphatic rings. The normalized spacial score (nSPS) is 12.0. The third kappa shape index (κ3) is 4.82. The van der Waals surface area contributed by atoms with E-state index in [9.17, 15) is 9.90 Å². The summed E-state index contributed by atoms with van der Waals surface area (Å²) < 4.78 is 5.68. The number of carbonyl (C=O) groups is 1. The van der Waals surface area contributed by atoms with E-state index in [0.717, 1.165) is 17.1 Å². The maximum Gasteiger partial charge on any atom is 0.251 e. The summed E-state index contributed by atoms with van der Waals surface area (Å²) in [6, 6.07) is 6.97. The molecule has 22 heavy (non-hydrogen) atoms. The summed E-state index contributed by atoms with van der Waals surface area (Å²) in [5, 5.41) is 14.9. The maximum atomic E-state index is 11.9. The molecule has 1 amide bonds. The van der Waals surface area contributed by atoms with E-state index in [-0.39, 0.29) is 12.5 Å². The van der Waals surface area contributed by atoms with Crippen LogP contribution in [0.15, 0.2) is 29.6 Å². The number of aliphatic hydroxyl groups is 1. The number of hydrogen-bond acceptors (Lipinski definition) is 5. The molecule has 0 spiro atoms. The number of aryl methyl sites for hydroxylation is 1. The Labute approximate surface area is 134 Å². The van der Waals surface area contributed by atoms with Gasteiger partial charge in [0.2, 0.25) is 0 Å². The number of benzene rings is 1. The molecule has 2 rings (SSSR count). The van der Waals surface area contributed by atoms with E-state index in [1.807, 2.05) is 5.38 Å². The highest BCUT2D eigenvalue weighted by Crippen LogP contribution is 2.16. The zero-order valence-electron chi connectivity index (χ0n) is 12.7. The van der Waals surface area contributed by atoms with E-state index in [0.29, 0.717) is 17.9 Å². The average Bonchev–Trinajstić information content (AvgIpc) is 2.99. The second-order valence-corrected chi connectivity index (χ2v) is 5.90. The number of hydrogen-bond donors (Lipinski definition) is 2. The lowest BCUT2D eigenvalue weighted by molar-refractivity contribution is 0.0923. The second-order valence-electron chi connectivity index (χ2n) is 4.96. The minimum Gasteiger partial charge on any atom is -0.487 e. The summed E-state index contributed by atoms with van der Waals surface area (Å²) in [6.07, 6.45) is 0.352. The first kappa shape index (κ1) is 16.5. The number of nitrogens with zero attached hydrogens (tertiary/aromatic N) is 1. The van der Waals surface area contributed by atoms with E-state index in [1.165, 1.54) is 0 Å². The molecule has 0 aliphatic carbocycles. The predicted octanol–water partition coefficient (Wildman–Crippen LogP) is 2.40. The molecule has 2 N–H and O–H groups in total. The molecule has 1 atom stereocenters. The largest absolute Gasteiger partial charge is 0.487 e. The first-order valence-electron chi connectivity index (χ1n) is 7.21. The lowest BCUT2D eigenvalue weighted by atomic mass is 10.2. The fourth-order valence-electron chi connectivity index (χ4n) is 1.80. The quantitative estimate of drug-likeness (QED) is 0.822. The van der Waals surface area contributed by atoms with Crippen LogP contribution in [-0.2, 0) is 13.0 Å². The molecule has 0 saturated carbocycles. The van der Waals surface area contributed by atoms with Crippen LogP contribution in [0.25, 0.3) is 0 Å². The van der Waals surface area contributed by atoms with Crippen molar-refractivity contribution in [2.24, 2.45) is 0 Å². The summed E-state index contributed by atoms with van der Waals surface area (Å²) in [4.78, 5) is 16.4. The van der Waals surface area contributed by atoms with Crippen molar-refractivity contribution < 1.29 is 14.6 Å². The molecule has 2 aromatic rings. The number of rotatable bonds is 7. The highest BCUT2D eigenvalue weighted by molar-refractivity contribution is 7.09. The molecule has 0 fully saturated rings. The predicted molar refractivity (Wildman–Crippen MR) is 86.3 cm³/mol. The molecule has 1 aromatic carbocycles. The average molecular weight is 320 g/mol. The van der Waals surface area contributed by atoms with Crippen molar-refractivity contribution in [2.45, 2.75) is 33.0 Å². The lowest BCUT2D eigenvalue weighted by Gasteiger charge is -2.09. The van der Waals surface area contributed by atoms with E-state index in [4.69, 9.17) is 4.74 Å². The van der Waals surface area contributed by atoms with Crippen molar-refractivity contribution in [3.63, 3.8) is 0 Å². The third-order valence-electron chi connectivity index (χ3n) is 2.94. The van der Waals surface area contributed by atoms with Crippen molar-refractivity contribution in [3.8, 4) is 5.75 Å². The van der Waals surface area contributed by atoms with E-state index >= 15 is 0 Å². The first-order valence-corrected chi connectivity index (χ1v) is 8.09. The Kier molecular flexibility index (Phi) is 5.91. The molecule has 0 saturated heterocycles. The van der Waals surface area contributed by atoms with Gasteiger partial charge >= 0.3 is 0 Å². The van der Waals surface area contributed by atoms with Gasteiger partial charge in [-0.25, -0.2) is 4.98 Å². The Morgan fingerprint density at radius 2 is 2.32 bits per heavy atom. The van der Waals surface area contributed by atoms with Crippen molar-refractivity contribution in [1.29, 1.82) is 0 Å². The fraction of sp³-hybridized carbons (Fsp3) is 0.375. The van der Waals surface area contributed by atoms with Crippen molar-refractivity contribution in [1.82, 2.24) is 10.3 Å². The van der Waals surface area contributed by atoms with Gasteiger partial charge in [0.15, 0.2) is 0 Å². The number of carbonyl (C=O) groups excluding carboxylic acids is 1. The smallest absolute Gasteiger partial charge is 0.251 e. The molecule has 118 valence electrons. The monoisotopic (exact) mass is 320 g/mol. The Morgan fingerprint density at radius 3 is 3.00 bits per heavy atom. The van der Waals surface area contributed by atoms with Gasteiger partial charge < -0.3 is 15.2 Å². The number of ether oxygens (including phenoxy) is 1. The van der Waals surface area contributed by atoms with Gasteiger partial charge in [-0.05, 0) is 31.5 Å². The zero-order chi connectivity index (χ0) is 15.9. The van der Waals surface area contributed by atoms with Crippen LogP contribution in [0, 0.1) is 0 Å². The molecule has 1 unspecified atom stereocenters. The highest BCUT2D eigenvalue weighted by Gasteiger charge is 2.08. The maximum absolute atomic E-state index is 11.9. The van der Waals surface area contributed by atoms with Gasteiger partial charge in [0, 0.05) is 17.5 Å². The van der Waals surface area contributed by atoms with Crippen LogP contribution < -0.4 is 10.1 Å². The van der Waals surface area contributed by atoms with E-state index in [1.54, 1.807) is 42.5 Å². The van der Waals surface area contributed by atoms with Gasteiger partial charge in [-0.1, -0.05) is 13.0 Å². The van der Waals surface area contributed by atoms with E-state index < -0.39 is 6.10 Å². The second kappa shape index (κ2) is 7.91. The van der Waals surface area contributed by atoms with Crippen LogP contribution in [-0.4, -0.2) is 28.6 Å². The summed E-state index contributed by atoms with van der Waals surface area (Å²) in [5.41, 5.74) is 1.40. The lowest BCUT2D eigenvalue weighted by Crippen LogP contribution is -2.30. The van der Waals surface area contributed by atoms with Gasteiger partial charge in [-0.2, -0.15) is 0 Å². The summed E-state index contributed by atoms with van der Waals surface area (Å²) in [6.45, 7) is 4.30. The van der Waals surface area contributed by atoms with Crippen LogP contribution >= 0.6 is 11.3 Å². The Balaban J connectivity index is 1.94. The molecule has 6 heteroatoms. The molecule has 5 nitrogen and oxygen atoms in total. The fourth-order valence-corrected chi connectivity index (χ4v) is 2.53. The molecule has 1 aromatic heterocycles. The van der Waals surface area contributed by atoms with Gasteiger partial charge in [0.05, 0.1) is 16.8 Å². The number of amides is 1. The number of aromatic nitrogens is 1. The zero-order valence-corrected chi connectivity index (χ0v) is 13.5. The number of thiazole rings is 1. The Morgan fingerprint density at radius 1 is 1.50 bits per heavy atom. The van der Waals surface area contributed by atoms with Crippen molar-refractivity contribution in [2.75, 3.05) is 6.54 Å². The summed E-state index contributed by atoms with van der Waals surface area (Å²) in [7, 11) is 0. The molecular weight excluding hydrogens is 300 g/mol. The Hall–Kier alpha value is -1.92. The molecular formula is C16H20N2O3S. The van der Waals surface area contributed by atoms with Gasteiger partial charge in [0.25, 0.3) is 5.91 Å². The van der Waals surface area contributed by atoms with E-state index in [2.05, 4.69) is 17.2 Å². The minimum atomic E-state index is -0.569. The van der Waals surface area contributed by atoms with Crippen LogP contribution in [0.3, 0.4) is 0 Å². The van der Waals surface area contributed by atoms with Crippen LogP contribution in [0.4, 0.5) is 0 Å². The standard InChI is InChI=1S/C16H20N2O3S/c1-3-15-18-13(10-22-15)9-21-14-6-4-5-12(7-14)16(20)17-8-11(2)19/h4-7,10-11,19H,3,8-9H2,1-2H3,(H,17,20). The minimum absolute atomic E-state index is 0.225. The molecule has 0 bridgehead atoms. The SMILES string of the molecule is CCc1nc(COc2cccc(C(=O)NCC(C)O)c2)cs1. The molecule has 0 aliphatic heterocycles. The number of aliphatic hydroxyl groups excluding tert-OH is 1. The van der Waals surface area contributed by atoms with Gasteiger partial charge in [-0.15, -0.1) is 11.3 Å². The Bertz CT molecular complexity index is 625.